The average molecular weight is 507 g/mol. The Balaban J connectivity index is 1.83. The number of carbonyl (C=O) groups excluding carboxylic acids is 5. The highest BCUT2D eigenvalue weighted by Crippen LogP contribution is 2.65. The van der Waals surface area contributed by atoms with Crippen molar-refractivity contribution in [2.45, 2.75) is 98.4 Å². The molecule has 36 heavy (non-hydrogen) atoms. The van der Waals surface area contributed by atoms with Crippen molar-refractivity contribution in [3.05, 3.63) is 0 Å². The molecule has 2 saturated carbocycles. The topological polar surface area (TPSA) is 148 Å². The van der Waals surface area contributed by atoms with E-state index in [1.807, 2.05) is 20.8 Å². The van der Waals surface area contributed by atoms with Crippen LogP contribution < -0.4 is 16.4 Å². The number of primary amides is 1. The Kier molecular flexibility index (Phi) is 7.24. The number of piperidine rings is 1. The number of hydrogen-bond donors (Lipinski definition) is 3. The first-order valence-electron chi connectivity index (χ1n) is 12.8. The Labute approximate surface area is 213 Å². The first kappa shape index (κ1) is 27.9. The van der Waals surface area contributed by atoms with Gasteiger partial charge in [0, 0.05) is 6.54 Å². The SMILES string of the molecule is CC(C)(C)OC(=O)N[C@H](C(=O)N1C[C@H]2[C@@H]([C@H]1C(=O)NC(CC1CC1)C(=O)C(N)=O)C2(C)C)C(C)(C)C. The molecule has 5 atom stereocenters. The monoisotopic (exact) mass is 506 g/mol. The third-order valence-electron chi connectivity index (χ3n) is 7.68. The Hall–Kier alpha value is -2.65. The zero-order valence-corrected chi connectivity index (χ0v) is 22.8. The Bertz CT molecular complexity index is 943. The van der Waals surface area contributed by atoms with Crippen molar-refractivity contribution in [3.8, 4) is 0 Å². The van der Waals surface area contributed by atoms with Gasteiger partial charge in [-0.05, 0) is 55.8 Å². The van der Waals surface area contributed by atoms with Gasteiger partial charge >= 0.3 is 6.09 Å². The number of rotatable bonds is 8. The van der Waals surface area contributed by atoms with Gasteiger partial charge in [-0.25, -0.2) is 4.79 Å². The van der Waals surface area contributed by atoms with Gasteiger partial charge in [0.15, 0.2) is 0 Å². The maximum Gasteiger partial charge on any atom is 0.408 e. The van der Waals surface area contributed by atoms with Crippen LogP contribution in [0.2, 0.25) is 0 Å². The van der Waals surface area contributed by atoms with E-state index in [1.165, 1.54) is 4.90 Å². The minimum atomic E-state index is -1.08. The number of alkyl carbamates (subject to hydrolysis) is 1. The Morgan fingerprint density at radius 1 is 1.03 bits per heavy atom. The average Bonchev–Trinajstić information content (AvgIpc) is 3.55. The molecule has 0 aromatic heterocycles. The van der Waals surface area contributed by atoms with Crippen LogP contribution in [0.5, 0.6) is 0 Å². The molecule has 0 bridgehead atoms. The van der Waals surface area contributed by atoms with Crippen LogP contribution in [0.4, 0.5) is 4.79 Å². The Morgan fingerprint density at radius 2 is 1.61 bits per heavy atom. The number of nitrogens with one attached hydrogen (secondary N) is 2. The molecule has 10 nitrogen and oxygen atoms in total. The van der Waals surface area contributed by atoms with Gasteiger partial charge in [0.25, 0.3) is 5.91 Å². The number of carbonyl (C=O) groups is 5. The van der Waals surface area contributed by atoms with Crippen molar-refractivity contribution in [1.82, 2.24) is 15.5 Å². The molecule has 0 spiro atoms. The van der Waals surface area contributed by atoms with Crippen LogP contribution in [0.3, 0.4) is 0 Å². The maximum atomic E-state index is 13.8. The number of ketones is 1. The van der Waals surface area contributed by atoms with E-state index in [4.69, 9.17) is 10.5 Å². The lowest BCUT2D eigenvalue weighted by Crippen LogP contribution is -2.60. The molecule has 4 amide bonds. The van der Waals surface area contributed by atoms with E-state index in [-0.39, 0.29) is 29.1 Å². The molecule has 0 aromatic rings. The number of nitrogens with two attached hydrogens (primary N) is 1. The zero-order chi connectivity index (χ0) is 27.4. The van der Waals surface area contributed by atoms with Gasteiger partial charge in [-0.1, -0.05) is 47.5 Å². The summed E-state index contributed by atoms with van der Waals surface area (Å²) in [7, 11) is 0. The molecule has 3 fully saturated rings. The van der Waals surface area contributed by atoms with Gasteiger partial charge in [0.05, 0.1) is 6.04 Å². The van der Waals surface area contributed by atoms with Crippen molar-refractivity contribution in [2.75, 3.05) is 6.54 Å². The first-order chi connectivity index (χ1) is 16.3. The van der Waals surface area contributed by atoms with Gasteiger partial charge in [0.2, 0.25) is 17.6 Å². The van der Waals surface area contributed by atoms with Crippen molar-refractivity contribution in [2.24, 2.45) is 34.3 Å². The lowest BCUT2D eigenvalue weighted by molar-refractivity contribution is -0.145. The minimum Gasteiger partial charge on any atom is -0.444 e. The van der Waals surface area contributed by atoms with Crippen LogP contribution in [-0.2, 0) is 23.9 Å². The van der Waals surface area contributed by atoms with E-state index in [0.29, 0.717) is 13.0 Å². The third kappa shape index (κ3) is 6.00. The van der Waals surface area contributed by atoms with Gasteiger partial charge in [0.1, 0.15) is 17.7 Å². The van der Waals surface area contributed by atoms with Gasteiger partial charge < -0.3 is 26.0 Å². The highest BCUT2D eigenvalue weighted by atomic mass is 16.6. The summed E-state index contributed by atoms with van der Waals surface area (Å²) in [5.74, 6) is -2.45. The predicted octanol–water partition coefficient (Wildman–Crippen LogP) is 1.75. The highest BCUT2D eigenvalue weighted by molar-refractivity contribution is 6.37. The number of amides is 4. The lowest BCUT2D eigenvalue weighted by atomic mass is 9.85. The third-order valence-corrected chi connectivity index (χ3v) is 7.68. The van der Waals surface area contributed by atoms with Crippen LogP contribution >= 0.6 is 0 Å². The summed E-state index contributed by atoms with van der Waals surface area (Å²) in [5, 5.41) is 5.45. The first-order valence-corrected chi connectivity index (χ1v) is 12.8. The smallest absolute Gasteiger partial charge is 0.408 e. The summed E-state index contributed by atoms with van der Waals surface area (Å²) >= 11 is 0. The molecule has 1 saturated heterocycles. The number of nitrogens with zero attached hydrogens (tertiary/aromatic N) is 1. The second kappa shape index (κ2) is 9.34. The lowest BCUT2D eigenvalue weighted by Gasteiger charge is -2.38. The standard InChI is InChI=1S/C26H42N4O6/c1-24(2,3)19(29-23(35)36-25(4,5)6)22(34)30-12-14-16(26(14,7)8)17(30)21(33)28-15(11-13-9-10-13)18(31)20(27)32/h13-17,19H,9-12H2,1-8H3,(H2,27,32)(H,28,33)(H,29,35)/t14-,15?,16-,17-,19+/m0/s1. The summed E-state index contributed by atoms with van der Waals surface area (Å²) < 4.78 is 5.38. The van der Waals surface area contributed by atoms with E-state index in [2.05, 4.69) is 24.5 Å². The molecule has 3 rings (SSSR count). The van der Waals surface area contributed by atoms with E-state index in [9.17, 15) is 24.0 Å². The fourth-order valence-corrected chi connectivity index (χ4v) is 5.40. The van der Waals surface area contributed by atoms with E-state index < -0.39 is 52.8 Å². The molecule has 0 aromatic carbocycles. The van der Waals surface area contributed by atoms with Crippen LogP contribution in [0.25, 0.3) is 0 Å². The largest absolute Gasteiger partial charge is 0.444 e. The second-order valence-corrected chi connectivity index (χ2v) is 13.3. The highest BCUT2D eigenvalue weighted by Gasteiger charge is 2.70. The molecule has 4 N–H and O–H groups in total. The van der Waals surface area contributed by atoms with Crippen molar-refractivity contribution < 1.29 is 28.7 Å². The maximum absolute atomic E-state index is 13.8. The molecule has 202 valence electrons. The number of hydrogen-bond acceptors (Lipinski definition) is 6. The number of ether oxygens (including phenoxy) is 1. The van der Waals surface area contributed by atoms with Crippen LogP contribution in [0.15, 0.2) is 0 Å². The molecular weight excluding hydrogens is 464 g/mol. The zero-order valence-electron chi connectivity index (χ0n) is 22.8. The number of likely N-dealkylation sites (tertiary alicyclic amines) is 1. The molecular formula is C26H42N4O6. The number of fused-ring (bicyclic) bond motifs is 1. The minimum absolute atomic E-state index is 0.0890. The van der Waals surface area contributed by atoms with E-state index >= 15 is 0 Å². The summed E-state index contributed by atoms with van der Waals surface area (Å²) in [5.41, 5.74) is 3.70. The van der Waals surface area contributed by atoms with Crippen molar-refractivity contribution in [1.29, 1.82) is 0 Å². The summed E-state index contributed by atoms with van der Waals surface area (Å²) in [6, 6.07) is -2.75. The Morgan fingerprint density at radius 3 is 2.08 bits per heavy atom. The molecule has 0 radical (unpaired) electrons. The van der Waals surface area contributed by atoms with Crippen LogP contribution in [0, 0.1) is 28.6 Å². The van der Waals surface area contributed by atoms with E-state index in [0.717, 1.165) is 12.8 Å². The predicted molar refractivity (Wildman–Crippen MR) is 132 cm³/mol. The van der Waals surface area contributed by atoms with Crippen molar-refractivity contribution >= 4 is 29.6 Å². The van der Waals surface area contributed by atoms with E-state index in [1.54, 1.807) is 20.8 Å². The molecule has 10 heteroatoms. The summed E-state index contributed by atoms with van der Waals surface area (Å²) in [6.45, 7) is 15.2. The van der Waals surface area contributed by atoms with Gasteiger partial charge in [-0.2, -0.15) is 0 Å². The molecule has 2 aliphatic carbocycles. The molecule has 1 heterocycles. The molecule has 3 aliphatic rings. The van der Waals surface area contributed by atoms with Crippen LogP contribution in [-0.4, -0.2) is 64.8 Å². The summed E-state index contributed by atoms with van der Waals surface area (Å²) in [4.78, 5) is 65.5. The van der Waals surface area contributed by atoms with Gasteiger partial charge in [-0.15, -0.1) is 0 Å². The normalized spacial score (nSPS) is 26.3. The second-order valence-electron chi connectivity index (χ2n) is 13.3. The fraction of sp³-hybridized carbons (Fsp3) is 0.808. The fourth-order valence-electron chi connectivity index (χ4n) is 5.40. The quantitative estimate of drug-likeness (QED) is 0.427. The summed E-state index contributed by atoms with van der Waals surface area (Å²) in [6.07, 6.45) is 1.52. The van der Waals surface area contributed by atoms with Crippen molar-refractivity contribution in [3.63, 3.8) is 0 Å². The number of Topliss-reactive ketones (excluding diaryl/α,β-unsaturated/α-hetero) is 1. The van der Waals surface area contributed by atoms with Crippen LogP contribution in [0.1, 0.15) is 74.7 Å². The van der Waals surface area contributed by atoms with Gasteiger partial charge in [-0.3, -0.25) is 19.2 Å². The molecule has 1 aliphatic heterocycles. The molecule has 1 unspecified atom stereocenters.